The van der Waals surface area contributed by atoms with Crippen molar-refractivity contribution in [2.24, 2.45) is 0 Å². The Balaban J connectivity index is 1.55. The van der Waals surface area contributed by atoms with Crippen LogP contribution in [0.25, 0.3) is 0 Å². The fourth-order valence-electron chi connectivity index (χ4n) is 2.18. The predicted molar refractivity (Wildman–Crippen MR) is 97.1 cm³/mol. The van der Waals surface area contributed by atoms with Crippen LogP contribution in [0.2, 0.25) is 10.0 Å². The largest absolute Gasteiger partial charge is 0.484 e. The lowest BCUT2D eigenvalue weighted by molar-refractivity contribution is 0.0919. The SMILES string of the molecule is O=C(NCc1ccccc1)c1ccc(COc2ccc(Cl)cc2Cl)o1. The van der Waals surface area contributed by atoms with E-state index in [1.807, 2.05) is 30.3 Å². The first-order valence-electron chi connectivity index (χ1n) is 7.60. The highest BCUT2D eigenvalue weighted by atomic mass is 35.5. The van der Waals surface area contributed by atoms with E-state index in [9.17, 15) is 4.79 Å². The molecule has 1 amide bonds. The van der Waals surface area contributed by atoms with Gasteiger partial charge in [0.2, 0.25) is 0 Å². The highest BCUT2D eigenvalue weighted by Crippen LogP contribution is 2.28. The standard InChI is InChI=1S/C19H15Cl2NO3/c20-14-6-8-17(16(21)10-14)24-12-15-7-9-18(25-15)19(23)22-11-13-4-2-1-3-5-13/h1-10H,11-12H2,(H,22,23). The molecule has 0 atom stereocenters. The van der Waals surface area contributed by atoms with E-state index in [1.54, 1.807) is 30.3 Å². The Hall–Kier alpha value is -2.43. The zero-order chi connectivity index (χ0) is 17.6. The van der Waals surface area contributed by atoms with Gasteiger partial charge in [0.1, 0.15) is 18.1 Å². The van der Waals surface area contributed by atoms with Crippen LogP contribution in [-0.4, -0.2) is 5.91 Å². The molecule has 128 valence electrons. The quantitative estimate of drug-likeness (QED) is 0.652. The normalized spacial score (nSPS) is 10.5. The highest BCUT2D eigenvalue weighted by molar-refractivity contribution is 6.35. The molecule has 0 aliphatic heterocycles. The number of carbonyl (C=O) groups is 1. The minimum atomic E-state index is -0.278. The molecule has 2 aromatic carbocycles. The Bertz CT molecular complexity index is 862. The highest BCUT2D eigenvalue weighted by Gasteiger charge is 2.12. The van der Waals surface area contributed by atoms with Crippen molar-refractivity contribution in [2.45, 2.75) is 13.2 Å². The summed E-state index contributed by atoms with van der Waals surface area (Å²) in [6.07, 6.45) is 0. The summed E-state index contributed by atoms with van der Waals surface area (Å²) in [5.74, 6) is 0.977. The Morgan fingerprint density at radius 2 is 1.84 bits per heavy atom. The molecule has 0 radical (unpaired) electrons. The van der Waals surface area contributed by atoms with Crippen LogP contribution in [-0.2, 0) is 13.2 Å². The first-order valence-corrected chi connectivity index (χ1v) is 8.36. The van der Waals surface area contributed by atoms with Gasteiger partial charge in [0.25, 0.3) is 5.91 Å². The Kier molecular flexibility index (Phi) is 5.64. The van der Waals surface area contributed by atoms with E-state index in [2.05, 4.69) is 5.32 Å². The van der Waals surface area contributed by atoms with Crippen LogP contribution >= 0.6 is 23.2 Å². The van der Waals surface area contributed by atoms with Crippen LogP contribution in [0.15, 0.2) is 65.1 Å². The number of rotatable bonds is 6. The molecule has 1 aromatic heterocycles. The van der Waals surface area contributed by atoms with Crippen LogP contribution in [0.5, 0.6) is 5.75 Å². The van der Waals surface area contributed by atoms with Crippen molar-refractivity contribution in [1.29, 1.82) is 0 Å². The summed E-state index contributed by atoms with van der Waals surface area (Å²) in [6, 6.07) is 17.9. The number of amides is 1. The lowest BCUT2D eigenvalue weighted by Crippen LogP contribution is -2.22. The molecular weight excluding hydrogens is 361 g/mol. The van der Waals surface area contributed by atoms with E-state index in [1.165, 1.54) is 0 Å². The number of nitrogens with one attached hydrogen (secondary N) is 1. The molecule has 0 unspecified atom stereocenters. The summed E-state index contributed by atoms with van der Waals surface area (Å²) >= 11 is 11.9. The number of hydrogen-bond donors (Lipinski definition) is 1. The first kappa shape index (κ1) is 17.4. The average molecular weight is 376 g/mol. The topological polar surface area (TPSA) is 51.5 Å². The molecule has 6 heteroatoms. The molecule has 1 N–H and O–H groups in total. The van der Waals surface area contributed by atoms with Crippen LogP contribution in [0.4, 0.5) is 0 Å². The molecule has 4 nitrogen and oxygen atoms in total. The zero-order valence-corrected chi connectivity index (χ0v) is 14.7. The zero-order valence-electron chi connectivity index (χ0n) is 13.2. The monoisotopic (exact) mass is 375 g/mol. The van der Waals surface area contributed by atoms with Gasteiger partial charge in [-0.05, 0) is 35.9 Å². The third-order valence-corrected chi connectivity index (χ3v) is 3.98. The van der Waals surface area contributed by atoms with Crippen molar-refractivity contribution in [3.63, 3.8) is 0 Å². The van der Waals surface area contributed by atoms with Gasteiger partial charge < -0.3 is 14.5 Å². The lowest BCUT2D eigenvalue weighted by atomic mass is 10.2. The summed E-state index contributed by atoms with van der Waals surface area (Å²) in [5.41, 5.74) is 1.02. The second-order valence-corrected chi connectivity index (χ2v) is 6.14. The maximum Gasteiger partial charge on any atom is 0.287 e. The lowest BCUT2D eigenvalue weighted by Gasteiger charge is -2.06. The fraction of sp³-hybridized carbons (Fsp3) is 0.105. The molecule has 1 heterocycles. The molecule has 0 saturated heterocycles. The number of ether oxygens (including phenoxy) is 1. The molecule has 0 spiro atoms. The van der Waals surface area contributed by atoms with E-state index >= 15 is 0 Å². The Morgan fingerprint density at radius 1 is 1.04 bits per heavy atom. The van der Waals surface area contributed by atoms with Crippen molar-refractivity contribution in [3.8, 4) is 5.75 Å². The van der Waals surface area contributed by atoms with Crippen molar-refractivity contribution >= 4 is 29.1 Å². The van der Waals surface area contributed by atoms with E-state index in [4.69, 9.17) is 32.4 Å². The maximum atomic E-state index is 12.1. The fourth-order valence-corrected chi connectivity index (χ4v) is 2.65. The molecule has 25 heavy (non-hydrogen) atoms. The van der Waals surface area contributed by atoms with Gasteiger partial charge >= 0.3 is 0 Å². The van der Waals surface area contributed by atoms with Crippen LogP contribution in [0.3, 0.4) is 0 Å². The van der Waals surface area contributed by atoms with Gasteiger partial charge in [0, 0.05) is 11.6 Å². The second kappa shape index (κ2) is 8.10. The molecule has 0 bridgehead atoms. The van der Waals surface area contributed by atoms with E-state index in [0.717, 1.165) is 5.56 Å². The summed E-state index contributed by atoms with van der Waals surface area (Å²) in [5, 5.41) is 3.76. The van der Waals surface area contributed by atoms with Crippen molar-refractivity contribution in [3.05, 3.63) is 87.8 Å². The molecule has 3 rings (SSSR count). The molecule has 0 fully saturated rings. The molecule has 3 aromatic rings. The Labute approximate surface area is 155 Å². The van der Waals surface area contributed by atoms with Crippen LogP contribution in [0.1, 0.15) is 21.9 Å². The molecule has 0 saturated carbocycles. The first-order chi connectivity index (χ1) is 12.1. The van der Waals surface area contributed by atoms with Crippen molar-refractivity contribution < 1.29 is 13.9 Å². The van der Waals surface area contributed by atoms with Crippen molar-refractivity contribution in [2.75, 3.05) is 0 Å². The van der Waals surface area contributed by atoms with Gasteiger partial charge in [-0.2, -0.15) is 0 Å². The number of carbonyl (C=O) groups excluding carboxylic acids is 1. The van der Waals surface area contributed by atoms with Gasteiger partial charge in [-0.1, -0.05) is 53.5 Å². The van der Waals surface area contributed by atoms with E-state index in [0.29, 0.717) is 28.1 Å². The third-order valence-electron chi connectivity index (χ3n) is 3.45. The summed E-state index contributed by atoms with van der Waals surface area (Å²) in [7, 11) is 0. The van der Waals surface area contributed by atoms with Gasteiger partial charge in [-0.3, -0.25) is 4.79 Å². The second-order valence-electron chi connectivity index (χ2n) is 5.30. The number of benzene rings is 2. The number of halogens is 2. The number of hydrogen-bond acceptors (Lipinski definition) is 3. The molecule has 0 aliphatic carbocycles. The summed E-state index contributed by atoms with van der Waals surface area (Å²) in [6.45, 7) is 0.597. The Morgan fingerprint density at radius 3 is 2.60 bits per heavy atom. The van der Waals surface area contributed by atoms with Gasteiger partial charge in [0.15, 0.2) is 5.76 Å². The maximum absolute atomic E-state index is 12.1. The number of furan rings is 1. The summed E-state index contributed by atoms with van der Waals surface area (Å²) < 4.78 is 11.1. The predicted octanol–water partition coefficient (Wildman–Crippen LogP) is 5.10. The summed E-state index contributed by atoms with van der Waals surface area (Å²) in [4.78, 5) is 12.1. The smallest absolute Gasteiger partial charge is 0.287 e. The third kappa shape index (κ3) is 4.78. The average Bonchev–Trinajstić information content (AvgIpc) is 3.09. The molecule has 0 aliphatic rings. The van der Waals surface area contributed by atoms with E-state index < -0.39 is 0 Å². The molecular formula is C19H15Cl2NO3. The van der Waals surface area contributed by atoms with Gasteiger partial charge in [-0.25, -0.2) is 0 Å². The van der Waals surface area contributed by atoms with Gasteiger partial charge in [0.05, 0.1) is 5.02 Å². The minimum Gasteiger partial charge on any atom is -0.484 e. The van der Waals surface area contributed by atoms with Gasteiger partial charge in [-0.15, -0.1) is 0 Å². The van der Waals surface area contributed by atoms with Crippen LogP contribution in [0, 0.1) is 0 Å². The van der Waals surface area contributed by atoms with Crippen LogP contribution < -0.4 is 10.1 Å². The van der Waals surface area contributed by atoms with E-state index in [-0.39, 0.29) is 18.3 Å². The minimum absolute atomic E-state index is 0.160. The van der Waals surface area contributed by atoms with Crippen molar-refractivity contribution in [1.82, 2.24) is 5.32 Å².